The highest BCUT2D eigenvalue weighted by atomic mass is 35.8. The van der Waals surface area contributed by atoms with Gasteiger partial charge in [-0.3, -0.25) is 4.79 Å². The Bertz CT molecular complexity index is 462. The highest BCUT2D eigenvalue weighted by Crippen LogP contribution is 2.17. The number of hydrogen-bond acceptors (Lipinski definition) is 1. The number of benzene rings is 2. The van der Waals surface area contributed by atoms with Crippen molar-refractivity contribution in [2.24, 2.45) is 0 Å². The van der Waals surface area contributed by atoms with E-state index in [1.807, 2.05) is 60.7 Å². The molecule has 0 atom stereocenters. The fourth-order valence-electron chi connectivity index (χ4n) is 1.35. The van der Waals surface area contributed by atoms with Crippen molar-refractivity contribution < 1.29 is 4.79 Å². The summed E-state index contributed by atoms with van der Waals surface area (Å²) in [5.74, 6) is 0.0752. The lowest BCUT2D eigenvalue weighted by molar-refractivity contribution is 0.103. The Hall–Kier alpha value is -0.803. The van der Waals surface area contributed by atoms with Crippen LogP contribution in [0.2, 0.25) is 6.55 Å². The Labute approximate surface area is 128 Å². The van der Waals surface area contributed by atoms with Gasteiger partial charge in [-0.15, -0.1) is 33.2 Å². The van der Waals surface area contributed by atoms with E-state index in [9.17, 15) is 4.79 Å². The SMILES string of the molecule is C[Si](Cl)(Cl)Cl.O=C(c1ccccc1)c1ccccc1. The van der Waals surface area contributed by atoms with Gasteiger partial charge in [0.05, 0.1) is 0 Å². The second-order valence-corrected chi connectivity index (χ2v) is 13.9. The number of halogens is 3. The molecular weight excluding hydrogens is 319 g/mol. The maximum Gasteiger partial charge on any atom is 0.338 e. The van der Waals surface area contributed by atoms with Crippen LogP contribution in [-0.2, 0) is 0 Å². The van der Waals surface area contributed by atoms with Gasteiger partial charge < -0.3 is 0 Å². The topological polar surface area (TPSA) is 17.1 Å². The monoisotopic (exact) mass is 330 g/mol. The largest absolute Gasteiger partial charge is 0.338 e. The first-order valence-corrected chi connectivity index (χ1v) is 11.1. The maximum absolute atomic E-state index is 11.8. The van der Waals surface area contributed by atoms with E-state index in [-0.39, 0.29) is 5.78 Å². The predicted octanol–water partition coefficient (Wildman–Crippen LogP) is 5.19. The van der Waals surface area contributed by atoms with Crippen LogP contribution in [0.4, 0.5) is 0 Å². The Balaban J connectivity index is 0.000000312. The number of carbonyl (C=O) groups is 1. The summed E-state index contributed by atoms with van der Waals surface area (Å²) < 4.78 is 0. The lowest BCUT2D eigenvalue weighted by Crippen LogP contribution is -1.99. The number of rotatable bonds is 2. The van der Waals surface area contributed by atoms with Crippen molar-refractivity contribution in [2.75, 3.05) is 0 Å². The van der Waals surface area contributed by atoms with Gasteiger partial charge in [-0.1, -0.05) is 60.7 Å². The van der Waals surface area contributed by atoms with Crippen molar-refractivity contribution in [1.29, 1.82) is 0 Å². The predicted molar refractivity (Wildman–Crippen MR) is 85.5 cm³/mol. The molecule has 0 unspecified atom stereocenters. The molecule has 0 bridgehead atoms. The van der Waals surface area contributed by atoms with Gasteiger partial charge in [0.25, 0.3) is 0 Å². The van der Waals surface area contributed by atoms with Crippen LogP contribution in [0.25, 0.3) is 0 Å². The van der Waals surface area contributed by atoms with E-state index >= 15 is 0 Å². The quantitative estimate of drug-likeness (QED) is 0.420. The third kappa shape index (κ3) is 7.38. The summed E-state index contributed by atoms with van der Waals surface area (Å²) in [6, 6.07) is 16.4. The van der Waals surface area contributed by atoms with E-state index < -0.39 is 6.00 Å². The molecule has 0 radical (unpaired) electrons. The average molecular weight is 332 g/mol. The van der Waals surface area contributed by atoms with Crippen LogP contribution in [0.1, 0.15) is 15.9 Å². The molecule has 0 spiro atoms. The third-order valence-electron chi connectivity index (χ3n) is 2.07. The van der Waals surface area contributed by atoms with E-state index in [4.69, 9.17) is 33.2 Å². The minimum atomic E-state index is -2.19. The van der Waals surface area contributed by atoms with Crippen LogP contribution in [0.15, 0.2) is 60.7 Å². The molecule has 2 aromatic rings. The Morgan fingerprint density at radius 2 is 1.05 bits per heavy atom. The normalized spacial score (nSPS) is 10.3. The van der Waals surface area contributed by atoms with Gasteiger partial charge in [0.15, 0.2) is 5.78 Å². The average Bonchev–Trinajstić information content (AvgIpc) is 2.38. The Morgan fingerprint density at radius 1 is 0.789 bits per heavy atom. The Morgan fingerprint density at radius 3 is 1.32 bits per heavy atom. The molecule has 2 rings (SSSR count). The zero-order valence-electron chi connectivity index (χ0n) is 10.3. The smallest absolute Gasteiger partial charge is 0.289 e. The summed E-state index contributed by atoms with van der Waals surface area (Å²) in [5, 5.41) is 0. The molecule has 0 aliphatic rings. The standard InChI is InChI=1S/C13H10O.CH3Cl3Si/c14-13(11-7-3-1-4-8-11)12-9-5-2-6-10-12;1-5(2,3)4/h1-10H;1H3. The zero-order valence-corrected chi connectivity index (χ0v) is 13.6. The maximum atomic E-state index is 11.8. The first-order valence-electron chi connectivity index (χ1n) is 5.59. The molecule has 0 saturated heterocycles. The molecule has 2 aromatic carbocycles. The van der Waals surface area contributed by atoms with Crippen LogP contribution >= 0.6 is 33.2 Å². The molecule has 19 heavy (non-hydrogen) atoms. The fourth-order valence-corrected chi connectivity index (χ4v) is 1.35. The molecule has 0 heterocycles. The van der Waals surface area contributed by atoms with Gasteiger partial charge in [0.2, 0.25) is 0 Å². The summed E-state index contributed by atoms with van der Waals surface area (Å²) in [5.41, 5.74) is 1.47. The summed E-state index contributed by atoms with van der Waals surface area (Å²) in [7, 11) is 0. The molecule has 0 amide bonds. The first-order chi connectivity index (χ1) is 8.88. The lowest BCUT2D eigenvalue weighted by atomic mass is 10.0. The second-order valence-electron chi connectivity index (χ2n) is 3.84. The molecular formula is C14H13Cl3OSi. The molecule has 1 nitrogen and oxygen atoms in total. The summed E-state index contributed by atoms with van der Waals surface area (Å²) in [4.78, 5) is 11.8. The van der Waals surface area contributed by atoms with Crippen molar-refractivity contribution in [2.45, 2.75) is 6.55 Å². The molecule has 100 valence electrons. The third-order valence-corrected chi connectivity index (χ3v) is 2.07. The van der Waals surface area contributed by atoms with Crippen LogP contribution < -0.4 is 0 Å². The van der Waals surface area contributed by atoms with Crippen LogP contribution in [0.3, 0.4) is 0 Å². The number of ketones is 1. The van der Waals surface area contributed by atoms with Gasteiger partial charge in [-0.05, 0) is 6.55 Å². The minimum absolute atomic E-state index is 0.0752. The van der Waals surface area contributed by atoms with Crippen molar-refractivity contribution in [3.63, 3.8) is 0 Å². The van der Waals surface area contributed by atoms with Crippen molar-refractivity contribution in [1.82, 2.24) is 0 Å². The molecule has 0 aliphatic carbocycles. The van der Waals surface area contributed by atoms with Crippen LogP contribution in [0.5, 0.6) is 0 Å². The van der Waals surface area contributed by atoms with Crippen LogP contribution in [0, 0.1) is 0 Å². The minimum Gasteiger partial charge on any atom is -0.289 e. The summed E-state index contributed by atoms with van der Waals surface area (Å²) in [6.07, 6.45) is 0. The van der Waals surface area contributed by atoms with Gasteiger partial charge in [0, 0.05) is 11.1 Å². The number of carbonyl (C=O) groups excluding carboxylic acids is 1. The molecule has 5 heteroatoms. The fraction of sp³-hybridized carbons (Fsp3) is 0.0714. The van der Waals surface area contributed by atoms with Crippen molar-refractivity contribution in [3.8, 4) is 0 Å². The summed E-state index contributed by atoms with van der Waals surface area (Å²) >= 11 is 15.6. The van der Waals surface area contributed by atoms with E-state index in [0.29, 0.717) is 0 Å². The van der Waals surface area contributed by atoms with E-state index in [2.05, 4.69) is 0 Å². The summed E-state index contributed by atoms with van der Waals surface area (Å²) in [6.45, 7) is 1.62. The van der Waals surface area contributed by atoms with E-state index in [0.717, 1.165) is 11.1 Å². The van der Waals surface area contributed by atoms with Crippen LogP contribution in [-0.4, -0.2) is 11.8 Å². The highest BCUT2D eigenvalue weighted by molar-refractivity contribution is 7.64. The van der Waals surface area contributed by atoms with Gasteiger partial charge >= 0.3 is 6.00 Å². The van der Waals surface area contributed by atoms with E-state index in [1.54, 1.807) is 6.55 Å². The molecule has 0 fully saturated rings. The van der Waals surface area contributed by atoms with Gasteiger partial charge in [-0.2, -0.15) is 0 Å². The van der Waals surface area contributed by atoms with Crippen molar-refractivity contribution in [3.05, 3.63) is 71.8 Å². The van der Waals surface area contributed by atoms with Gasteiger partial charge in [0.1, 0.15) is 0 Å². The van der Waals surface area contributed by atoms with E-state index in [1.165, 1.54) is 0 Å². The number of hydrogen-bond donors (Lipinski definition) is 0. The molecule has 0 aliphatic heterocycles. The second kappa shape index (κ2) is 7.71. The highest BCUT2D eigenvalue weighted by Gasteiger charge is 2.13. The van der Waals surface area contributed by atoms with Crippen molar-refractivity contribution >= 4 is 45.0 Å². The van der Waals surface area contributed by atoms with Gasteiger partial charge in [-0.25, -0.2) is 0 Å². The molecule has 0 N–H and O–H groups in total. The molecule has 0 saturated carbocycles. The first kappa shape index (κ1) is 16.3. The zero-order chi connectivity index (χ0) is 14.3. The lowest BCUT2D eigenvalue weighted by Gasteiger charge is -1.99. The Kier molecular flexibility index (Phi) is 6.59. The molecule has 0 aromatic heterocycles.